The van der Waals surface area contributed by atoms with Gasteiger partial charge in [0.1, 0.15) is 5.84 Å². The van der Waals surface area contributed by atoms with Crippen molar-refractivity contribution >= 4 is 17.6 Å². The van der Waals surface area contributed by atoms with E-state index < -0.39 is 0 Å². The van der Waals surface area contributed by atoms with Gasteiger partial charge in [0, 0.05) is 6.54 Å². The van der Waals surface area contributed by atoms with Crippen LogP contribution in [0.1, 0.15) is 17.9 Å². The first-order valence-corrected chi connectivity index (χ1v) is 7.77. The molecule has 2 atom stereocenters. The number of nitrogens with one attached hydrogen (secondary N) is 1. The third-order valence-electron chi connectivity index (χ3n) is 3.48. The fourth-order valence-corrected chi connectivity index (χ4v) is 3.61. The molecule has 2 rings (SSSR count). The first-order valence-electron chi connectivity index (χ1n) is 6.62. The van der Waals surface area contributed by atoms with Crippen LogP contribution in [0.2, 0.25) is 0 Å². The highest BCUT2D eigenvalue weighted by Gasteiger charge is 2.19. The minimum atomic E-state index is -0.0692. The van der Waals surface area contributed by atoms with Gasteiger partial charge in [0.2, 0.25) is 0 Å². The number of benzene rings is 1. The van der Waals surface area contributed by atoms with Crippen LogP contribution >= 0.6 is 11.8 Å². The zero-order valence-corrected chi connectivity index (χ0v) is 11.8. The molecule has 0 aromatic heterocycles. The molecule has 0 radical (unpaired) electrons. The molecule has 1 aliphatic rings. The van der Waals surface area contributed by atoms with Crippen LogP contribution in [0.3, 0.4) is 0 Å². The van der Waals surface area contributed by atoms with Crippen molar-refractivity contribution in [2.45, 2.75) is 12.3 Å². The summed E-state index contributed by atoms with van der Waals surface area (Å²) in [4.78, 5) is 0. The maximum Gasteiger partial charge on any atom is 0.147 e. The van der Waals surface area contributed by atoms with Gasteiger partial charge in [0.15, 0.2) is 0 Å². The van der Waals surface area contributed by atoms with Crippen LogP contribution in [-0.4, -0.2) is 35.6 Å². The molecule has 104 valence electrons. The Morgan fingerprint density at radius 1 is 1.47 bits per heavy atom. The first kappa shape index (κ1) is 14.2. The van der Waals surface area contributed by atoms with Gasteiger partial charge in [-0.25, -0.2) is 0 Å². The van der Waals surface area contributed by atoms with Gasteiger partial charge in [-0.15, -0.1) is 0 Å². The summed E-state index contributed by atoms with van der Waals surface area (Å²) < 4.78 is 0. The topological polar surface area (TPSA) is 70.6 Å². The van der Waals surface area contributed by atoms with Crippen molar-refractivity contribution in [1.82, 2.24) is 5.32 Å². The third kappa shape index (κ3) is 4.14. The fourth-order valence-electron chi connectivity index (χ4n) is 2.32. The molecular formula is C14H21N3OS. The zero-order valence-electron chi connectivity index (χ0n) is 11.0. The molecule has 1 aromatic rings. The van der Waals surface area contributed by atoms with Gasteiger partial charge in [0.25, 0.3) is 0 Å². The van der Waals surface area contributed by atoms with Crippen molar-refractivity contribution in [2.24, 2.45) is 16.8 Å². The van der Waals surface area contributed by atoms with Crippen molar-refractivity contribution < 1.29 is 5.21 Å². The van der Waals surface area contributed by atoms with E-state index in [9.17, 15) is 0 Å². The second-order valence-corrected chi connectivity index (χ2v) is 6.03. The van der Waals surface area contributed by atoms with E-state index in [2.05, 4.69) is 10.5 Å². The van der Waals surface area contributed by atoms with Gasteiger partial charge in [-0.3, -0.25) is 0 Å². The van der Waals surface area contributed by atoms with Crippen LogP contribution in [0.4, 0.5) is 0 Å². The van der Waals surface area contributed by atoms with Crippen LogP contribution in [-0.2, 0) is 0 Å². The van der Waals surface area contributed by atoms with Gasteiger partial charge < -0.3 is 16.3 Å². The Bertz CT molecular complexity index is 404. The summed E-state index contributed by atoms with van der Waals surface area (Å²) in [7, 11) is 0. The highest BCUT2D eigenvalue weighted by molar-refractivity contribution is 7.99. The lowest BCUT2D eigenvalue weighted by molar-refractivity contribution is 0.315. The molecule has 0 amide bonds. The molecule has 1 aromatic carbocycles. The average molecular weight is 279 g/mol. The number of rotatable bonds is 6. The number of nitrogens with zero attached hydrogens (tertiary/aromatic N) is 1. The highest BCUT2D eigenvalue weighted by atomic mass is 32.2. The minimum absolute atomic E-state index is 0.0692. The Morgan fingerprint density at radius 3 is 2.89 bits per heavy atom. The molecule has 5 heteroatoms. The van der Waals surface area contributed by atoms with E-state index in [1.807, 2.05) is 42.1 Å². The molecule has 0 bridgehead atoms. The average Bonchev–Trinajstić information content (AvgIpc) is 2.97. The molecule has 0 aliphatic carbocycles. The molecule has 4 N–H and O–H groups in total. The fraction of sp³-hybridized carbons (Fsp3) is 0.500. The van der Waals surface area contributed by atoms with Crippen molar-refractivity contribution in [3.63, 3.8) is 0 Å². The molecular weight excluding hydrogens is 258 g/mol. The van der Waals surface area contributed by atoms with Crippen molar-refractivity contribution in [1.29, 1.82) is 0 Å². The van der Waals surface area contributed by atoms with Gasteiger partial charge in [-0.2, -0.15) is 11.8 Å². The predicted molar refractivity (Wildman–Crippen MR) is 80.9 cm³/mol. The van der Waals surface area contributed by atoms with E-state index in [4.69, 9.17) is 10.9 Å². The molecule has 4 nitrogen and oxygen atoms in total. The van der Waals surface area contributed by atoms with Crippen molar-refractivity contribution in [3.8, 4) is 0 Å². The molecule has 1 saturated heterocycles. The van der Waals surface area contributed by atoms with Crippen molar-refractivity contribution in [3.05, 3.63) is 35.9 Å². The van der Waals surface area contributed by atoms with Gasteiger partial charge >= 0.3 is 0 Å². The van der Waals surface area contributed by atoms with Crippen LogP contribution < -0.4 is 11.1 Å². The second kappa shape index (κ2) is 7.40. The predicted octanol–water partition coefficient (Wildman–Crippen LogP) is 1.86. The quantitative estimate of drug-likeness (QED) is 0.322. The van der Waals surface area contributed by atoms with Gasteiger partial charge in [0.05, 0.1) is 5.92 Å². The number of amidine groups is 1. The Labute approximate surface area is 118 Å². The smallest absolute Gasteiger partial charge is 0.147 e. The summed E-state index contributed by atoms with van der Waals surface area (Å²) in [6, 6.07) is 9.93. The minimum Gasteiger partial charge on any atom is -0.409 e. The van der Waals surface area contributed by atoms with Crippen LogP contribution in [0, 0.1) is 5.92 Å². The number of oxime groups is 1. The first-order chi connectivity index (χ1) is 9.31. The lowest BCUT2D eigenvalue weighted by atomic mass is 9.97. The summed E-state index contributed by atoms with van der Waals surface area (Å²) in [6.45, 7) is 1.72. The number of nitrogens with two attached hydrogens (primary N) is 1. The van der Waals surface area contributed by atoms with E-state index in [1.165, 1.54) is 17.9 Å². The summed E-state index contributed by atoms with van der Waals surface area (Å²) in [5.74, 6) is 3.47. The monoisotopic (exact) mass is 279 g/mol. The maximum atomic E-state index is 8.91. The number of hydrogen-bond donors (Lipinski definition) is 3. The number of hydrogen-bond acceptors (Lipinski definition) is 4. The normalized spacial score (nSPS) is 21.5. The SMILES string of the molecule is N/C(=N/O)C(CNCC1CCSC1)c1ccccc1. The highest BCUT2D eigenvalue weighted by Crippen LogP contribution is 2.22. The molecule has 1 heterocycles. The molecule has 19 heavy (non-hydrogen) atoms. The lowest BCUT2D eigenvalue weighted by Gasteiger charge is -2.18. The summed E-state index contributed by atoms with van der Waals surface area (Å²) in [5, 5.41) is 15.5. The van der Waals surface area contributed by atoms with Gasteiger partial charge in [-0.05, 0) is 36.0 Å². The molecule has 2 unspecified atom stereocenters. The van der Waals surface area contributed by atoms with Gasteiger partial charge in [-0.1, -0.05) is 35.5 Å². The second-order valence-electron chi connectivity index (χ2n) is 4.88. The Morgan fingerprint density at radius 2 is 2.26 bits per heavy atom. The number of thioether (sulfide) groups is 1. The van der Waals surface area contributed by atoms with E-state index in [0.29, 0.717) is 6.54 Å². The largest absolute Gasteiger partial charge is 0.409 e. The zero-order chi connectivity index (χ0) is 13.5. The van der Waals surface area contributed by atoms with Crippen LogP contribution in [0.5, 0.6) is 0 Å². The summed E-state index contributed by atoms with van der Waals surface area (Å²) in [5.41, 5.74) is 6.87. The molecule has 1 aliphatic heterocycles. The molecule has 0 saturated carbocycles. The van der Waals surface area contributed by atoms with Crippen LogP contribution in [0.15, 0.2) is 35.5 Å². The summed E-state index contributed by atoms with van der Waals surface area (Å²) >= 11 is 2.02. The van der Waals surface area contributed by atoms with E-state index in [-0.39, 0.29) is 11.8 Å². The Balaban J connectivity index is 1.91. The maximum absolute atomic E-state index is 8.91. The molecule has 0 spiro atoms. The third-order valence-corrected chi connectivity index (χ3v) is 4.71. The summed E-state index contributed by atoms with van der Waals surface area (Å²) in [6.07, 6.45) is 1.29. The Kier molecular flexibility index (Phi) is 5.54. The lowest BCUT2D eigenvalue weighted by Crippen LogP contribution is -2.34. The van der Waals surface area contributed by atoms with Crippen LogP contribution in [0.25, 0.3) is 0 Å². The van der Waals surface area contributed by atoms with E-state index >= 15 is 0 Å². The standard InChI is InChI=1S/C14H21N3OS/c15-14(17-18)13(12-4-2-1-3-5-12)9-16-8-11-6-7-19-10-11/h1-5,11,13,16,18H,6-10H2,(H2,15,17). The Hall–Kier alpha value is -1.20. The molecule has 1 fully saturated rings. The van der Waals surface area contributed by atoms with E-state index in [0.717, 1.165) is 18.0 Å². The van der Waals surface area contributed by atoms with E-state index in [1.54, 1.807) is 0 Å². The van der Waals surface area contributed by atoms with Crippen molar-refractivity contribution in [2.75, 3.05) is 24.6 Å².